The number of hydrogen-bond donors (Lipinski definition) is 3. The van der Waals surface area contributed by atoms with E-state index in [9.17, 15) is 9.59 Å². The number of rotatable bonds is 13. The Bertz CT molecular complexity index is 355. The second kappa shape index (κ2) is 12.4. The van der Waals surface area contributed by atoms with Gasteiger partial charge < -0.3 is 15.3 Å². The number of aliphatic hydroxyl groups is 3. The van der Waals surface area contributed by atoms with Gasteiger partial charge in [0.2, 0.25) is 12.2 Å². The van der Waals surface area contributed by atoms with E-state index in [2.05, 4.69) is 9.98 Å². The average Bonchev–Trinajstić information content (AvgIpc) is 2.40. The van der Waals surface area contributed by atoms with Gasteiger partial charge in [-0.15, -0.1) is 0 Å². The molecule has 1 atom stereocenters. The molecular weight excluding hydrogens is 276 g/mol. The fourth-order valence-electron chi connectivity index (χ4n) is 2.06. The van der Waals surface area contributed by atoms with Crippen LogP contribution in [0, 0.1) is 0 Å². The van der Waals surface area contributed by atoms with Crippen LogP contribution >= 0.6 is 0 Å². The van der Waals surface area contributed by atoms with Crippen LogP contribution in [0.1, 0.15) is 57.8 Å². The maximum Gasteiger partial charge on any atom is 0.275 e. The van der Waals surface area contributed by atoms with Crippen molar-refractivity contribution >= 4 is 12.2 Å². The van der Waals surface area contributed by atoms with Gasteiger partial charge in [-0.25, -0.2) is 19.6 Å². The zero-order chi connectivity index (χ0) is 16.0. The number of unbranched alkanes of at least 4 members (excludes halogenated alkanes) is 4. The van der Waals surface area contributed by atoms with Crippen LogP contribution in [0.3, 0.4) is 0 Å². The molecule has 0 aliphatic rings. The molecule has 7 heteroatoms. The van der Waals surface area contributed by atoms with E-state index >= 15 is 0 Å². The van der Waals surface area contributed by atoms with Crippen LogP contribution in [0.5, 0.6) is 0 Å². The van der Waals surface area contributed by atoms with Gasteiger partial charge in [-0.1, -0.05) is 25.7 Å². The average molecular weight is 300 g/mol. The first kappa shape index (κ1) is 19.6. The van der Waals surface area contributed by atoms with Crippen LogP contribution in [0.4, 0.5) is 0 Å². The molecule has 0 aromatic rings. The molecule has 0 heterocycles. The van der Waals surface area contributed by atoms with Crippen molar-refractivity contribution in [2.75, 3.05) is 6.54 Å². The molecule has 0 saturated carbocycles. The molecule has 3 N–H and O–H groups in total. The maximum absolute atomic E-state index is 10.4. The van der Waals surface area contributed by atoms with Crippen LogP contribution in [0.15, 0.2) is 9.98 Å². The fraction of sp³-hybridized carbons (Fsp3) is 0.857. The van der Waals surface area contributed by atoms with Gasteiger partial charge in [0.25, 0.3) is 5.97 Å². The molecule has 0 amide bonds. The molecule has 0 radical (unpaired) electrons. The highest BCUT2D eigenvalue weighted by Gasteiger charge is 2.16. The van der Waals surface area contributed by atoms with Crippen molar-refractivity contribution in [2.45, 2.75) is 69.8 Å². The summed E-state index contributed by atoms with van der Waals surface area (Å²) in [6.07, 6.45) is 9.13. The van der Waals surface area contributed by atoms with E-state index in [1.165, 1.54) is 6.08 Å². The number of aliphatic imine (C=N–C) groups is 2. The summed E-state index contributed by atoms with van der Waals surface area (Å²) in [5, 5.41) is 26.2. The van der Waals surface area contributed by atoms with E-state index in [0.717, 1.165) is 44.9 Å². The third-order valence-electron chi connectivity index (χ3n) is 3.16. The second-order valence-electron chi connectivity index (χ2n) is 5.07. The minimum absolute atomic E-state index is 0.0702. The summed E-state index contributed by atoms with van der Waals surface area (Å²) < 4.78 is 0. The fourth-order valence-corrected chi connectivity index (χ4v) is 2.06. The Kier molecular flexibility index (Phi) is 11.6. The molecule has 0 saturated heterocycles. The Hall–Kier alpha value is -1.36. The highest BCUT2D eigenvalue weighted by molar-refractivity contribution is 5.33. The van der Waals surface area contributed by atoms with Crippen molar-refractivity contribution < 1.29 is 24.9 Å². The molecule has 1 unspecified atom stereocenters. The smallest absolute Gasteiger partial charge is 0.275 e. The Morgan fingerprint density at radius 3 is 2.00 bits per heavy atom. The van der Waals surface area contributed by atoms with Gasteiger partial charge in [-0.05, 0) is 25.7 Å². The molecule has 0 bridgehead atoms. The lowest BCUT2D eigenvalue weighted by Crippen LogP contribution is -2.26. The first-order valence-corrected chi connectivity index (χ1v) is 7.27. The van der Waals surface area contributed by atoms with E-state index in [4.69, 9.17) is 15.3 Å². The van der Waals surface area contributed by atoms with Crippen molar-refractivity contribution in [2.24, 2.45) is 9.98 Å². The first-order valence-electron chi connectivity index (χ1n) is 7.27. The van der Waals surface area contributed by atoms with Crippen LogP contribution in [0.25, 0.3) is 0 Å². The summed E-state index contributed by atoms with van der Waals surface area (Å²) in [7, 11) is 0. The second-order valence-corrected chi connectivity index (χ2v) is 5.07. The lowest BCUT2D eigenvalue weighted by Gasteiger charge is -2.14. The minimum atomic E-state index is -2.59. The quantitative estimate of drug-likeness (QED) is 0.204. The molecule has 0 aromatic heterocycles. The highest BCUT2D eigenvalue weighted by atomic mass is 16.7. The third-order valence-corrected chi connectivity index (χ3v) is 3.16. The summed E-state index contributed by atoms with van der Waals surface area (Å²) in [5.41, 5.74) is 0. The molecule has 0 fully saturated rings. The predicted molar refractivity (Wildman–Crippen MR) is 75.8 cm³/mol. The predicted octanol–water partition coefficient (Wildman–Crippen LogP) is 1.17. The molecule has 0 rings (SSSR count). The van der Waals surface area contributed by atoms with Gasteiger partial charge in [-0.2, -0.15) is 0 Å². The molecule has 0 spiro atoms. The highest BCUT2D eigenvalue weighted by Crippen LogP contribution is 2.16. The topological polar surface area (TPSA) is 120 Å². The number of carbonyl (C=O) groups excluding carboxylic acids is 2. The molecular formula is C14H24N2O5. The van der Waals surface area contributed by atoms with Gasteiger partial charge in [-0.3, -0.25) is 0 Å². The molecule has 0 aromatic carbocycles. The molecule has 120 valence electrons. The Balaban J connectivity index is 3.72. The summed E-state index contributed by atoms with van der Waals surface area (Å²) >= 11 is 0. The van der Waals surface area contributed by atoms with Crippen LogP contribution in [-0.2, 0) is 9.59 Å². The zero-order valence-corrected chi connectivity index (χ0v) is 12.2. The Morgan fingerprint density at radius 2 is 1.48 bits per heavy atom. The van der Waals surface area contributed by atoms with Gasteiger partial charge in [0.1, 0.15) is 0 Å². The van der Waals surface area contributed by atoms with Gasteiger partial charge in [0, 0.05) is 6.42 Å². The van der Waals surface area contributed by atoms with E-state index in [-0.39, 0.29) is 12.5 Å². The first-order chi connectivity index (χ1) is 9.99. The van der Waals surface area contributed by atoms with Crippen molar-refractivity contribution in [3.05, 3.63) is 0 Å². The summed E-state index contributed by atoms with van der Waals surface area (Å²) in [6, 6.07) is -0.0702. The van der Waals surface area contributed by atoms with Crippen LogP contribution in [-0.4, -0.2) is 46.0 Å². The molecule has 0 aliphatic heterocycles. The number of isocyanates is 2. The lowest BCUT2D eigenvalue weighted by molar-refractivity contribution is -0.315. The van der Waals surface area contributed by atoms with E-state index in [1.54, 1.807) is 6.08 Å². The normalized spacial score (nSPS) is 12.3. The SMILES string of the molecule is O=C=NCCCCCC(CCCCCC(O)(O)O)N=C=O. The Morgan fingerprint density at radius 1 is 0.857 bits per heavy atom. The minimum Gasteiger partial charge on any atom is -0.344 e. The molecule has 21 heavy (non-hydrogen) atoms. The van der Waals surface area contributed by atoms with Crippen LogP contribution in [0.2, 0.25) is 0 Å². The summed E-state index contributed by atoms with van der Waals surface area (Å²) in [4.78, 5) is 27.5. The summed E-state index contributed by atoms with van der Waals surface area (Å²) in [5.74, 6) is -2.59. The third kappa shape index (κ3) is 14.9. The molecule has 7 nitrogen and oxygen atoms in total. The van der Waals surface area contributed by atoms with E-state index in [1.807, 2.05) is 0 Å². The van der Waals surface area contributed by atoms with Gasteiger partial charge in [0.15, 0.2) is 0 Å². The van der Waals surface area contributed by atoms with Crippen molar-refractivity contribution in [3.8, 4) is 0 Å². The maximum atomic E-state index is 10.4. The van der Waals surface area contributed by atoms with Crippen molar-refractivity contribution in [3.63, 3.8) is 0 Å². The van der Waals surface area contributed by atoms with Crippen molar-refractivity contribution in [1.29, 1.82) is 0 Å². The van der Waals surface area contributed by atoms with Crippen molar-refractivity contribution in [1.82, 2.24) is 0 Å². The number of hydrogen-bond acceptors (Lipinski definition) is 7. The largest absolute Gasteiger partial charge is 0.344 e. The zero-order valence-electron chi connectivity index (χ0n) is 12.2. The van der Waals surface area contributed by atoms with E-state index in [0.29, 0.717) is 13.0 Å². The lowest BCUT2D eigenvalue weighted by atomic mass is 10.0. The van der Waals surface area contributed by atoms with Gasteiger partial charge >= 0.3 is 0 Å². The van der Waals surface area contributed by atoms with E-state index < -0.39 is 5.97 Å². The van der Waals surface area contributed by atoms with Gasteiger partial charge in [0.05, 0.1) is 12.6 Å². The monoisotopic (exact) mass is 300 g/mol. The Labute approximate surface area is 124 Å². The molecule has 0 aliphatic carbocycles. The number of nitrogens with zero attached hydrogens (tertiary/aromatic N) is 2. The standard InChI is InChI=1S/C14H24N2O5/c17-11-15-10-6-2-4-8-13(16-12-18)7-3-1-5-9-14(19,20)21/h13,19-21H,1-10H2. The summed E-state index contributed by atoms with van der Waals surface area (Å²) in [6.45, 7) is 0.482. The van der Waals surface area contributed by atoms with Crippen LogP contribution < -0.4 is 0 Å².